The van der Waals surface area contributed by atoms with Crippen molar-refractivity contribution in [2.45, 2.75) is 27.2 Å². The van der Waals surface area contributed by atoms with Gasteiger partial charge in [-0.25, -0.2) is 0 Å². The lowest BCUT2D eigenvalue weighted by molar-refractivity contribution is 0.0702. The number of ether oxygens (including phenoxy) is 2. The number of aliphatic imine (C=N–C) groups is 1. The van der Waals surface area contributed by atoms with Crippen LogP contribution in [0.15, 0.2) is 23.2 Å². The minimum absolute atomic E-state index is 0. The van der Waals surface area contributed by atoms with Crippen LogP contribution in [0.1, 0.15) is 24.5 Å². The first-order chi connectivity index (χ1) is 13.2. The van der Waals surface area contributed by atoms with E-state index in [9.17, 15) is 0 Å². The van der Waals surface area contributed by atoms with Crippen molar-refractivity contribution >= 4 is 35.6 Å². The molecule has 160 valence electrons. The molecule has 1 aromatic rings. The van der Waals surface area contributed by atoms with Crippen LogP contribution in [0.4, 0.5) is 5.69 Å². The molecule has 6 nitrogen and oxygen atoms in total. The van der Waals surface area contributed by atoms with Crippen molar-refractivity contribution in [3.8, 4) is 0 Å². The van der Waals surface area contributed by atoms with Gasteiger partial charge >= 0.3 is 0 Å². The normalized spacial score (nSPS) is 14.8. The summed E-state index contributed by atoms with van der Waals surface area (Å²) in [6.45, 7) is 14.3. The van der Waals surface area contributed by atoms with E-state index in [1.54, 1.807) is 7.11 Å². The van der Waals surface area contributed by atoms with E-state index in [1.807, 2.05) is 0 Å². The number of piperazine rings is 1. The highest BCUT2D eigenvalue weighted by molar-refractivity contribution is 14.0. The summed E-state index contributed by atoms with van der Waals surface area (Å²) in [6, 6.07) is 6.58. The van der Waals surface area contributed by atoms with E-state index in [0.29, 0.717) is 13.2 Å². The highest BCUT2D eigenvalue weighted by Crippen LogP contribution is 2.23. The highest BCUT2D eigenvalue weighted by Gasteiger charge is 2.20. The van der Waals surface area contributed by atoms with Crippen molar-refractivity contribution in [2.75, 3.05) is 71.1 Å². The Hall–Kier alpha value is -1.06. The van der Waals surface area contributed by atoms with Crippen LogP contribution in [0.3, 0.4) is 0 Å². The average Bonchev–Trinajstić information content (AvgIpc) is 2.69. The second-order valence-electron chi connectivity index (χ2n) is 6.89. The topological polar surface area (TPSA) is 49.3 Å². The molecular formula is C21H37IN4O2. The number of methoxy groups -OCH3 is 1. The molecule has 0 unspecified atom stereocenters. The lowest BCUT2D eigenvalue weighted by Crippen LogP contribution is -2.52. The fraction of sp³-hybridized carbons (Fsp3) is 0.667. The zero-order valence-electron chi connectivity index (χ0n) is 17.9. The van der Waals surface area contributed by atoms with Gasteiger partial charge in [-0.3, -0.25) is 4.99 Å². The number of rotatable bonds is 9. The maximum Gasteiger partial charge on any atom is 0.194 e. The number of halogens is 1. The molecule has 1 heterocycles. The largest absolute Gasteiger partial charge is 0.382 e. The van der Waals surface area contributed by atoms with Crippen LogP contribution in [0.25, 0.3) is 0 Å². The van der Waals surface area contributed by atoms with Crippen LogP contribution in [0, 0.1) is 13.8 Å². The number of anilines is 1. The number of guanidine groups is 1. The highest BCUT2D eigenvalue weighted by atomic mass is 127. The smallest absolute Gasteiger partial charge is 0.194 e. The number of aryl methyl sites for hydroxylation is 1. The number of nitrogens with one attached hydrogen (secondary N) is 1. The molecule has 7 heteroatoms. The molecule has 0 atom stereocenters. The summed E-state index contributed by atoms with van der Waals surface area (Å²) >= 11 is 0. The van der Waals surface area contributed by atoms with Crippen molar-refractivity contribution in [3.05, 3.63) is 29.3 Å². The fourth-order valence-electron chi connectivity index (χ4n) is 3.26. The predicted octanol–water partition coefficient (Wildman–Crippen LogP) is 3.06. The van der Waals surface area contributed by atoms with Gasteiger partial charge in [-0.2, -0.15) is 0 Å². The Kier molecular flexibility index (Phi) is 12.5. The van der Waals surface area contributed by atoms with Crippen molar-refractivity contribution in [3.63, 3.8) is 0 Å². The molecule has 0 aliphatic carbocycles. The predicted molar refractivity (Wildman–Crippen MR) is 128 cm³/mol. The Morgan fingerprint density at radius 1 is 1.11 bits per heavy atom. The third kappa shape index (κ3) is 7.75. The summed E-state index contributed by atoms with van der Waals surface area (Å²) in [5.74, 6) is 1.02. The Bertz CT molecular complexity index is 590. The van der Waals surface area contributed by atoms with Crippen LogP contribution in [-0.4, -0.2) is 77.1 Å². The number of benzene rings is 1. The van der Waals surface area contributed by atoms with E-state index in [1.165, 1.54) is 16.8 Å². The van der Waals surface area contributed by atoms with E-state index in [2.05, 4.69) is 54.1 Å². The second-order valence-corrected chi connectivity index (χ2v) is 6.89. The first-order valence-corrected chi connectivity index (χ1v) is 10.1. The van der Waals surface area contributed by atoms with Crippen LogP contribution >= 0.6 is 24.0 Å². The maximum absolute atomic E-state index is 5.51. The van der Waals surface area contributed by atoms with Gasteiger partial charge in [0, 0.05) is 58.7 Å². The van der Waals surface area contributed by atoms with Crippen LogP contribution < -0.4 is 10.2 Å². The molecular weight excluding hydrogens is 467 g/mol. The van der Waals surface area contributed by atoms with Gasteiger partial charge in [-0.1, -0.05) is 12.1 Å². The molecule has 2 rings (SSSR count). The molecule has 0 amide bonds. The summed E-state index contributed by atoms with van der Waals surface area (Å²) in [6.07, 6.45) is 0.932. The number of hydrogen-bond acceptors (Lipinski definition) is 4. The molecule has 1 fully saturated rings. The molecule has 0 spiro atoms. The van der Waals surface area contributed by atoms with Crippen molar-refractivity contribution in [2.24, 2.45) is 4.99 Å². The first-order valence-electron chi connectivity index (χ1n) is 10.1. The molecule has 0 bridgehead atoms. The van der Waals surface area contributed by atoms with Gasteiger partial charge in [-0.05, 0) is 44.4 Å². The fourth-order valence-corrected chi connectivity index (χ4v) is 3.26. The van der Waals surface area contributed by atoms with Gasteiger partial charge in [0.15, 0.2) is 5.96 Å². The molecule has 1 aromatic carbocycles. The Morgan fingerprint density at radius 2 is 1.86 bits per heavy atom. The van der Waals surface area contributed by atoms with E-state index in [-0.39, 0.29) is 24.0 Å². The third-order valence-electron chi connectivity index (χ3n) is 4.97. The molecule has 28 heavy (non-hydrogen) atoms. The Morgan fingerprint density at radius 3 is 2.54 bits per heavy atom. The zero-order chi connectivity index (χ0) is 19.5. The second kappa shape index (κ2) is 14.0. The molecule has 1 saturated heterocycles. The lowest BCUT2D eigenvalue weighted by Gasteiger charge is -2.38. The van der Waals surface area contributed by atoms with Crippen molar-refractivity contribution in [1.82, 2.24) is 10.2 Å². The van der Waals surface area contributed by atoms with E-state index < -0.39 is 0 Å². The Labute approximate surface area is 187 Å². The SMILES string of the molecule is CCNC(=NCCCOCCOC)N1CCN(c2cccc(C)c2C)CC1.I. The maximum atomic E-state index is 5.51. The van der Waals surface area contributed by atoms with Crippen LogP contribution in [-0.2, 0) is 9.47 Å². The molecule has 0 saturated carbocycles. The van der Waals surface area contributed by atoms with Crippen molar-refractivity contribution in [1.29, 1.82) is 0 Å². The summed E-state index contributed by atoms with van der Waals surface area (Å²) in [5.41, 5.74) is 4.11. The standard InChI is InChI=1S/C21H36N4O2.HI/c1-5-22-21(23-10-7-15-27-17-16-26-4)25-13-11-24(12-14-25)20-9-6-8-18(2)19(20)3;/h6,8-9H,5,7,10-17H2,1-4H3,(H,22,23);1H. The van der Waals surface area contributed by atoms with Gasteiger partial charge in [0.2, 0.25) is 0 Å². The summed E-state index contributed by atoms with van der Waals surface area (Å²) < 4.78 is 10.5. The number of hydrogen-bond donors (Lipinski definition) is 1. The lowest BCUT2D eigenvalue weighted by atomic mass is 10.1. The third-order valence-corrected chi connectivity index (χ3v) is 4.97. The molecule has 1 aliphatic rings. The average molecular weight is 504 g/mol. The van der Waals surface area contributed by atoms with E-state index in [0.717, 1.165) is 58.3 Å². The molecule has 0 radical (unpaired) electrons. The number of nitrogens with zero attached hydrogens (tertiary/aromatic N) is 3. The summed E-state index contributed by atoms with van der Waals surface area (Å²) in [7, 11) is 1.69. The van der Waals surface area contributed by atoms with Gasteiger partial charge in [-0.15, -0.1) is 24.0 Å². The van der Waals surface area contributed by atoms with Gasteiger partial charge < -0.3 is 24.6 Å². The van der Waals surface area contributed by atoms with E-state index in [4.69, 9.17) is 14.5 Å². The van der Waals surface area contributed by atoms with Gasteiger partial charge in [0.05, 0.1) is 13.2 Å². The zero-order valence-corrected chi connectivity index (χ0v) is 20.2. The molecule has 1 aliphatic heterocycles. The van der Waals surface area contributed by atoms with Crippen molar-refractivity contribution < 1.29 is 9.47 Å². The molecule has 1 N–H and O–H groups in total. The summed E-state index contributed by atoms with van der Waals surface area (Å²) in [5, 5.41) is 3.44. The van der Waals surface area contributed by atoms with E-state index >= 15 is 0 Å². The molecule has 0 aromatic heterocycles. The minimum Gasteiger partial charge on any atom is -0.382 e. The monoisotopic (exact) mass is 504 g/mol. The van der Waals surface area contributed by atoms with Crippen LogP contribution in [0.5, 0.6) is 0 Å². The van der Waals surface area contributed by atoms with Gasteiger partial charge in [0.25, 0.3) is 0 Å². The van der Waals surface area contributed by atoms with Gasteiger partial charge in [0.1, 0.15) is 0 Å². The minimum atomic E-state index is 0. The quantitative estimate of drug-likeness (QED) is 0.243. The Balaban J connectivity index is 0.00000392. The first kappa shape index (κ1) is 25.0. The van der Waals surface area contributed by atoms with Crippen LogP contribution in [0.2, 0.25) is 0 Å². The summed E-state index contributed by atoms with van der Waals surface area (Å²) in [4.78, 5) is 9.65.